The fourth-order valence-corrected chi connectivity index (χ4v) is 0.380. The molecule has 0 aromatic rings. The van der Waals surface area contributed by atoms with Gasteiger partial charge in [-0.25, -0.2) is 4.39 Å². The van der Waals surface area contributed by atoms with Gasteiger partial charge in [-0.05, 0) is 13.8 Å². The maximum Gasteiger partial charge on any atom is 0.109 e. The first kappa shape index (κ1) is 8.42. The number of nitriles is 1. The third-order valence-electron chi connectivity index (χ3n) is 1.57. The van der Waals surface area contributed by atoms with Gasteiger partial charge in [0.25, 0.3) is 0 Å². The number of rotatable bonds is 2. The van der Waals surface area contributed by atoms with Crippen molar-refractivity contribution in [3.8, 4) is 6.07 Å². The minimum Gasteiger partial charge on any atom is -0.244 e. The van der Waals surface area contributed by atoms with E-state index in [1.807, 2.05) is 6.07 Å². The molecule has 0 radical (unpaired) electrons. The third kappa shape index (κ3) is 3.07. The van der Waals surface area contributed by atoms with Crippen LogP contribution < -0.4 is 0 Å². The molecular weight excluding hydrogens is 117 g/mol. The van der Waals surface area contributed by atoms with E-state index in [0.717, 1.165) is 0 Å². The zero-order valence-corrected chi connectivity index (χ0v) is 6.11. The summed E-state index contributed by atoms with van der Waals surface area (Å²) < 4.78 is 12.8. The SMILES string of the molecule is CC(CC#N)C(C)(C)F. The molecule has 0 bridgehead atoms. The molecule has 0 amide bonds. The Morgan fingerprint density at radius 2 is 2.11 bits per heavy atom. The fraction of sp³-hybridized carbons (Fsp3) is 0.857. The minimum atomic E-state index is -1.21. The molecule has 0 saturated heterocycles. The molecule has 52 valence electrons. The highest BCUT2D eigenvalue weighted by molar-refractivity contribution is 4.82. The van der Waals surface area contributed by atoms with Gasteiger partial charge in [-0.3, -0.25) is 0 Å². The molecular formula is C7H12FN. The molecule has 0 aliphatic heterocycles. The molecule has 1 atom stereocenters. The van der Waals surface area contributed by atoms with Crippen molar-refractivity contribution in [3.05, 3.63) is 0 Å². The molecule has 0 rings (SSSR count). The smallest absolute Gasteiger partial charge is 0.109 e. The molecule has 0 saturated carbocycles. The standard InChI is InChI=1S/C7H12FN/c1-6(4-5-9)7(2,3)8/h6H,4H2,1-3H3. The number of nitrogens with zero attached hydrogens (tertiary/aromatic N) is 1. The van der Waals surface area contributed by atoms with Gasteiger partial charge in [0.15, 0.2) is 0 Å². The van der Waals surface area contributed by atoms with Crippen molar-refractivity contribution in [2.45, 2.75) is 32.9 Å². The van der Waals surface area contributed by atoms with Gasteiger partial charge < -0.3 is 0 Å². The highest BCUT2D eigenvalue weighted by Gasteiger charge is 2.23. The molecule has 2 heteroatoms. The van der Waals surface area contributed by atoms with Crippen molar-refractivity contribution < 1.29 is 4.39 Å². The predicted molar refractivity (Wildman–Crippen MR) is 34.6 cm³/mol. The van der Waals surface area contributed by atoms with Crippen molar-refractivity contribution in [1.29, 1.82) is 5.26 Å². The topological polar surface area (TPSA) is 23.8 Å². The molecule has 0 spiro atoms. The molecule has 0 aromatic heterocycles. The van der Waals surface area contributed by atoms with Crippen LogP contribution in [0, 0.1) is 17.2 Å². The molecule has 0 heterocycles. The quantitative estimate of drug-likeness (QED) is 0.561. The van der Waals surface area contributed by atoms with E-state index in [1.165, 1.54) is 13.8 Å². The normalized spacial score (nSPS) is 14.6. The van der Waals surface area contributed by atoms with Gasteiger partial charge in [0.2, 0.25) is 0 Å². The number of halogens is 1. The van der Waals surface area contributed by atoms with Crippen LogP contribution in [-0.4, -0.2) is 5.67 Å². The van der Waals surface area contributed by atoms with E-state index in [-0.39, 0.29) is 5.92 Å². The largest absolute Gasteiger partial charge is 0.244 e. The number of hydrogen-bond acceptors (Lipinski definition) is 1. The maximum atomic E-state index is 12.8. The first-order valence-electron chi connectivity index (χ1n) is 3.04. The second-order valence-corrected chi connectivity index (χ2v) is 2.83. The van der Waals surface area contributed by atoms with E-state index in [1.54, 1.807) is 6.92 Å². The lowest BCUT2D eigenvalue weighted by molar-refractivity contribution is 0.139. The van der Waals surface area contributed by atoms with E-state index in [4.69, 9.17) is 5.26 Å². The van der Waals surface area contributed by atoms with E-state index in [9.17, 15) is 4.39 Å². The Morgan fingerprint density at radius 3 is 2.22 bits per heavy atom. The minimum absolute atomic E-state index is 0.164. The number of alkyl halides is 1. The van der Waals surface area contributed by atoms with Crippen LogP contribution in [0.5, 0.6) is 0 Å². The zero-order chi connectivity index (χ0) is 7.49. The van der Waals surface area contributed by atoms with Gasteiger partial charge in [-0.1, -0.05) is 6.92 Å². The van der Waals surface area contributed by atoms with Crippen LogP contribution in [0.4, 0.5) is 4.39 Å². The summed E-state index contributed by atoms with van der Waals surface area (Å²) >= 11 is 0. The molecule has 0 aliphatic carbocycles. The predicted octanol–water partition coefficient (Wildman–Crippen LogP) is 2.28. The van der Waals surface area contributed by atoms with Crippen molar-refractivity contribution >= 4 is 0 Å². The molecule has 0 aromatic carbocycles. The summed E-state index contributed by atoms with van der Waals surface area (Å²) in [5.74, 6) is -0.164. The lowest BCUT2D eigenvalue weighted by atomic mass is 9.92. The van der Waals surface area contributed by atoms with E-state index < -0.39 is 5.67 Å². The van der Waals surface area contributed by atoms with Crippen LogP contribution in [0.2, 0.25) is 0 Å². The van der Waals surface area contributed by atoms with E-state index in [0.29, 0.717) is 6.42 Å². The van der Waals surface area contributed by atoms with Crippen LogP contribution in [-0.2, 0) is 0 Å². The summed E-state index contributed by atoms with van der Waals surface area (Å²) in [6, 6.07) is 1.93. The first-order valence-corrected chi connectivity index (χ1v) is 3.04. The second-order valence-electron chi connectivity index (χ2n) is 2.83. The van der Waals surface area contributed by atoms with Gasteiger partial charge in [0, 0.05) is 12.3 Å². The van der Waals surface area contributed by atoms with Gasteiger partial charge >= 0.3 is 0 Å². The Labute approximate surface area is 55.5 Å². The van der Waals surface area contributed by atoms with Crippen LogP contribution in [0.25, 0.3) is 0 Å². The summed E-state index contributed by atoms with van der Waals surface area (Å²) in [5, 5.41) is 8.18. The highest BCUT2D eigenvalue weighted by Crippen LogP contribution is 2.22. The Hall–Kier alpha value is -0.580. The van der Waals surface area contributed by atoms with Crippen LogP contribution in [0.3, 0.4) is 0 Å². The highest BCUT2D eigenvalue weighted by atomic mass is 19.1. The van der Waals surface area contributed by atoms with Crippen LogP contribution >= 0.6 is 0 Å². The Bertz CT molecular complexity index is 118. The Morgan fingerprint density at radius 1 is 1.67 bits per heavy atom. The first-order chi connectivity index (χ1) is 3.98. The fourth-order valence-electron chi connectivity index (χ4n) is 0.380. The molecule has 0 N–H and O–H groups in total. The van der Waals surface area contributed by atoms with Crippen molar-refractivity contribution in [3.63, 3.8) is 0 Å². The van der Waals surface area contributed by atoms with Crippen LogP contribution in [0.1, 0.15) is 27.2 Å². The summed E-state index contributed by atoms with van der Waals surface area (Å²) in [5.41, 5.74) is -1.21. The monoisotopic (exact) mass is 129 g/mol. The number of hydrogen-bond donors (Lipinski definition) is 0. The van der Waals surface area contributed by atoms with Gasteiger partial charge in [-0.2, -0.15) is 5.26 Å². The maximum absolute atomic E-state index is 12.8. The van der Waals surface area contributed by atoms with Crippen molar-refractivity contribution in [1.82, 2.24) is 0 Å². The molecule has 0 fully saturated rings. The van der Waals surface area contributed by atoms with E-state index >= 15 is 0 Å². The van der Waals surface area contributed by atoms with Crippen molar-refractivity contribution in [2.24, 2.45) is 5.92 Å². The van der Waals surface area contributed by atoms with Crippen molar-refractivity contribution in [2.75, 3.05) is 0 Å². The summed E-state index contributed by atoms with van der Waals surface area (Å²) in [6.07, 6.45) is 0.295. The molecule has 9 heavy (non-hydrogen) atoms. The lowest BCUT2D eigenvalue weighted by Crippen LogP contribution is -2.22. The summed E-state index contributed by atoms with van der Waals surface area (Å²) in [6.45, 7) is 4.73. The van der Waals surface area contributed by atoms with Gasteiger partial charge in [0.1, 0.15) is 5.67 Å². The third-order valence-corrected chi connectivity index (χ3v) is 1.57. The molecule has 1 unspecified atom stereocenters. The van der Waals surface area contributed by atoms with E-state index in [2.05, 4.69) is 0 Å². The average Bonchev–Trinajstić information content (AvgIpc) is 1.64. The Kier molecular flexibility index (Phi) is 2.64. The van der Waals surface area contributed by atoms with Gasteiger partial charge in [0.05, 0.1) is 6.07 Å². The lowest BCUT2D eigenvalue weighted by Gasteiger charge is -2.19. The molecule has 1 nitrogen and oxygen atoms in total. The average molecular weight is 129 g/mol. The second kappa shape index (κ2) is 2.82. The summed E-state index contributed by atoms with van der Waals surface area (Å²) in [4.78, 5) is 0. The zero-order valence-electron chi connectivity index (χ0n) is 6.11. The van der Waals surface area contributed by atoms with Crippen LogP contribution in [0.15, 0.2) is 0 Å². The Balaban J connectivity index is 3.76. The molecule has 0 aliphatic rings. The summed E-state index contributed by atoms with van der Waals surface area (Å²) in [7, 11) is 0. The van der Waals surface area contributed by atoms with Gasteiger partial charge in [-0.15, -0.1) is 0 Å².